The highest BCUT2D eigenvalue weighted by Gasteiger charge is 2.27. The molecule has 15 rings (SSSR count). The summed E-state index contributed by atoms with van der Waals surface area (Å²) in [5.74, 6) is -4.47. The van der Waals surface area contributed by atoms with Crippen molar-refractivity contribution >= 4 is 11.4 Å². The van der Waals surface area contributed by atoms with E-state index in [0.29, 0.717) is 59.2 Å². The monoisotopic (exact) mass is 1450 g/mol. The van der Waals surface area contributed by atoms with E-state index in [1.165, 1.54) is 69.7 Å². The van der Waals surface area contributed by atoms with E-state index in [9.17, 15) is 39.5 Å². The van der Waals surface area contributed by atoms with E-state index in [0.717, 1.165) is 35.9 Å². The molecule has 34 heteroatoms. The minimum atomic E-state index is -0.834. The number of benzene rings is 8. The van der Waals surface area contributed by atoms with Gasteiger partial charge in [0.15, 0.2) is 17.1 Å². The smallest absolute Gasteiger partial charge is 0.280 e. The zero-order valence-electron chi connectivity index (χ0n) is 55.7. The van der Waals surface area contributed by atoms with Crippen molar-refractivity contribution < 1.29 is 62.3 Å². The summed E-state index contributed by atoms with van der Waals surface area (Å²) >= 11 is 0. The van der Waals surface area contributed by atoms with Crippen molar-refractivity contribution in [2.24, 2.45) is 10.3 Å². The van der Waals surface area contributed by atoms with Crippen molar-refractivity contribution in [2.75, 3.05) is 12.5 Å². The quantitative estimate of drug-likeness (QED) is 0.0447. The predicted molar refractivity (Wildman–Crippen MR) is 362 cm³/mol. The van der Waals surface area contributed by atoms with Crippen molar-refractivity contribution in [3.8, 4) is 97.4 Å². The first-order chi connectivity index (χ1) is 51.6. The molecular weight excluding hydrogens is 1400 g/mol. The molecular formula is C72H53F9N20O5. The van der Waals surface area contributed by atoms with Crippen LogP contribution in [0.5, 0.6) is 0 Å². The van der Waals surface area contributed by atoms with Crippen molar-refractivity contribution in [1.29, 1.82) is 0 Å². The summed E-state index contributed by atoms with van der Waals surface area (Å²) in [6.45, 7) is 5.70. The Labute approximate surface area is 593 Å². The van der Waals surface area contributed by atoms with Crippen molar-refractivity contribution in [1.82, 2.24) is 85.5 Å². The molecule has 534 valence electrons. The zero-order valence-corrected chi connectivity index (χ0v) is 55.7. The Morgan fingerprint density at radius 1 is 0.425 bits per heavy atom. The van der Waals surface area contributed by atoms with Crippen LogP contribution in [0.4, 0.5) is 45.2 Å². The van der Waals surface area contributed by atoms with Crippen molar-refractivity contribution in [3.63, 3.8) is 0 Å². The topological polar surface area (TPSA) is 294 Å². The summed E-state index contributed by atoms with van der Waals surface area (Å²) in [6, 6.07) is 46.2. The van der Waals surface area contributed by atoms with E-state index >= 15 is 0 Å². The number of ether oxygens (including phenoxy) is 1. The van der Waals surface area contributed by atoms with Gasteiger partial charge < -0.3 is 22.8 Å². The Kier molecular flexibility index (Phi) is 22.7. The first kappa shape index (κ1) is 72.0. The number of hydrogen-bond donors (Lipinski definition) is 1. The van der Waals surface area contributed by atoms with Gasteiger partial charge in [-0.15, -0.1) is 20.4 Å². The van der Waals surface area contributed by atoms with E-state index in [1.54, 1.807) is 84.9 Å². The van der Waals surface area contributed by atoms with E-state index in [1.807, 2.05) is 51.1 Å². The summed E-state index contributed by atoms with van der Waals surface area (Å²) in [5.41, 5.74) is 7.08. The summed E-state index contributed by atoms with van der Waals surface area (Å²) in [7, 11) is 1.45. The van der Waals surface area contributed by atoms with Crippen LogP contribution in [0.15, 0.2) is 223 Å². The second-order valence-corrected chi connectivity index (χ2v) is 22.0. The molecule has 0 aliphatic rings. The van der Waals surface area contributed by atoms with E-state index in [2.05, 4.69) is 87.3 Å². The maximum absolute atomic E-state index is 14.2. The van der Waals surface area contributed by atoms with Gasteiger partial charge in [0.1, 0.15) is 80.8 Å². The highest BCUT2D eigenvalue weighted by Crippen LogP contribution is 2.32. The van der Waals surface area contributed by atoms with Crippen LogP contribution in [0, 0.1) is 52.4 Å². The van der Waals surface area contributed by atoms with Gasteiger partial charge in [0.25, 0.3) is 23.6 Å². The number of allylic oxidation sites excluding steroid dienone is 1. The Bertz CT molecular complexity index is 5580. The van der Waals surface area contributed by atoms with Crippen LogP contribution in [0.3, 0.4) is 0 Å². The normalized spacial score (nSPS) is 11.3. The third-order valence-electron chi connectivity index (χ3n) is 15.1. The van der Waals surface area contributed by atoms with Crippen LogP contribution in [0.25, 0.3) is 103 Å². The summed E-state index contributed by atoms with van der Waals surface area (Å²) < 4.78 is 154. The van der Waals surface area contributed by atoms with Crippen LogP contribution in [-0.4, -0.2) is 92.7 Å². The van der Waals surface area contributed by atoms with Crippen LogP contribution in [0.1, 0.15) is 50.2 Å². The number of nitrogens with one attached hydrogen (secondary N) is 1. The van der Waals surface area contributed by atoms with Gasteiger partial charge in [-0.2, -0.15) is 19.9 Å². The number of methoxy groups -OCH3 is 1. The van der Waals surface area contributed by atoms with Gasteiger partial charge in [0.05, 0.1) is 40.4 Å². The molecule has 0 saturated heterocycles. The molecule has 0 atom stereocenters. The average Bonchev–Trinajstić information content (AvgIpc) is 1.64. The third-order valence-corrected chi connectivity index (χ3v) is 15.1. The number of aromatic nitrogens is 17. The van der Waals surface area contributed by atoms with Crippen molar-refractivity contribution in [3.05, 3.63) is 269 Å². The first-order valence-corrected chi connectivity index (χ1v) is 31.9. The molecule has 106 heavy (non-hydrogen) atoms. The van der Waals surface area contributed by atoms with E-state index < -0.39 is 46.5 Å². The molecule has 1 N–H and O–H groups in total. The summed E-state index contributed by atoms with van der Waals surface area (Å²) in [6.07, 6.45) is 3.37. The van der Waals surface area contributed by atoms with Crippen LogP contribution in [0.2, 0.25) is 0 Å². The number of para-hydroxylation sites is 4. The Balaban J connectivity index is 0.000000133. The lowest BCUT2D eigenvalue weighted by Gasteiger charge is -2.06. The standard InChI is InChI=1S/C18H12F3N5O2.C18H12F3N5O.C18H15F2N5O.C18H14FN5O/c1-27-9-15-16(23-25-26(15)14-5-3-2-4-12(14)20)18-22-17(24-28-18)11-7-6-10(19)8-13(11)21;1-2-14-16(23-25-26(14)15-6-4-3-5-13(15)21)18-22-17(24-27-18)11-9-10(19)7-8-12(11)20;1-2-7-16(23-25-22-15-11-6-5-10-14(15)20)18-21-17(24-26-18)12-8-3-4-9-13(12)19;1-2-14-16(21-23-24(14)15-11-7-6-10-13(15)19)18-20-17(22-25-18)12-8-4-3-5-9-12/h2-8H,9H2,1H3;3-9H,2H2,1H3;3-11H,2H2,1H3,(H,22,23);3-11H,2H2,1H3/b;;16-7+;. The van der Waals surface area contributed by atoms with Gasteiger partial charge in [-0.1, -0.05) is 159 Å². The maximum atomic E-state index is 14.2. The van der Waals surface area contributed by atoms with Gasteiger partial charge in [0, 0.05) is 18.7 Å². The fourth-order valence-electron chi connectivity index (χ4n) is 10.1. The largest absolute Gasteiger partial charge is 0.378 e. The lowest BCUT2D eigenvalue weighted by Crippen LogP contribution is -2.06. The average molecular weight is 1450 g/mol. The van der Waals surface area contributed by atoms with Crippen LogP contribution >= 0.6 is 0 Å². The molecule has 15 aromatic rings. The molecule has 7 heterocycles. The van der Waals surface area contributed by atoms with Gasteiger partial charge in [-0.3, -0.25) is 5.43 Å². The lowest BCUT2D eigenvalue weighted by molar-refractivity contribution is 0.179. The van der Waals surface area contributed by atoms with Crippen molar-refractivity contribution in [2.45, 2.75) is 46.6 Å². The lowest BCUT2D eigenvalue weighted by atomic mass is 10.2. The van der Waals surface area contributed by atoms with Gasteiger partial charge in [0.2, 0.25) is 23.3 Å². The molecule has 7 aromatic heterocycles. The molecule has 0 spiro atoms. The fraction of sp³-hybridized carbons (Fsp3) is 0.111. The number of nitrogens with zero attached hydrogens (tertiary/aromatic N) is 19. The Morgan fingerprint density at radius 2 is 0.858 bits per heavy atom. The summed E-state index contributed by atoms with van der Waals surface area (Å²) in [4.78, 5) is 16.8. The Morgan fingerprint density at radius 3 is 1.39 bits per heavy atom. The molecule has 0 radical (unpaired) electrons. The van der Waals surface area contributed by atoms with Crippen LogP contribution in [-0.2, 0) is 24.2 Å². The molecule has 0 saturated carbocycles. The van der Waals surface area contributed by atoms with Gasteiger partial charge in [-0.25, -0.2) is 53.6 Å². The van der Waals surface area contributed by atoms with E-state index in [4.69, 9.17) is 22.8 Å². The second-order valence-electron chi connectivity index (χ2n) is 22.0. The molecule has 0 bridgehead atoms. The summed E-state index contributed by atoms with van der Waals surface area (Å²) in [5, 5.41) is 47.0. The SMILES string of the molecule is CC/C=C(/N=NNc1ccccc1F)c1nc(-c2ccccc2F)no1.CCc1c(-c2nc(-c3cc(F)ccc3F)no2)nnn1-c1ccccc1F.CCc1c(-c2nc(-c3ccccc3)no2)nnn1-c1ccccc1F.COCc1c(-c2nc(-c3ccc(F)cc3F)no2)nnn1-c1ccccc1F. The van der Waals surface area contributed by atoms with Gasteiger partial charge in [-0.05, 0) is 110 Å². The minimum Gasteiger partial charge on any atom is -0.378 e. The van der Waals surface area contributed by atoms with E-state index in [-0.39, 0.29) is 98.6 Å². The molecule has 8 aromatic carbocycles. The molecule has 0 aliphatic heterocycles. The molecule has 0 amide bonds. The number of halogens is 9. The number of rotatable bonds is 19. The number of anilines is 1. The van der Waals surface area contributed by atoms with Gasteiger partial charge >= 0.3 is 0 Å². The fourth-order valence-corrected chi connectivity index (χ4v) is 10.1. The zero-order chi connectivity index (χ0) is 74.2. The first-order valence-electron chi connectivity index (χ1n) is 31.9. The number of hydrogen-bond acceptors (Lipinski definition) is 21. The maximum Gasteiger partial charge on any atom is 0.280 e. The molecule has 0 unspecified atom stereocenters. The Hall–Kier alpha value is -13.8. The second kappa shape index (κ2) is 33.3. The third kappa shape index (κ3) is 16.2. The molecule has 0 fully saturated rings. The minimum absolute atomic E-state index is 0.0203. The highest BCUT2D eigenvalue weighted by molar-refractivity contribution is 5.64. The highest BCUT2D eigenvalue weighted by atomic mass is 19.2. The predicted octanol–water partition coefficient (Wildman–Crippen LogP) is 16.4. The molecule has 25 nitrogen and oxygen atoms in total. The molecule has 0 aliphatic carbocycles. The van der Waals surface area contributed by atoms with Crippen LogP contribution < -0.4 is 5.43 Å².